The zero-order chi connectivity index (χ0) is 19.2. The summed E-state index contributed by atoms with van der Waals surface area (Å²) in [6, 6.07) is 13.9. The summed E-state index contributed by atoms with van der Waals surface area (Å²) in [7, 11) is 0. The molecule has 1 heterocycles. The maximum atomic E-state index is 12.2. The van der Waals surface area contributed by atoms with Gasteiger partial charge < -0.3 is 5.32 Å². The molecule has 3 rings (SSSR count). The highest BCUT2D eigenvalue weighted by Gasteiger charge is 2.11. The Kier molecular flexibility index (Phi) is 6.45. The van der Waals surface area contributed by atoms with Crippen LogP contribution in [0.25, 0.3) is 0 Å². The maximum absolute atomic E-state index is 12.2. The summed E-state index contributed by atoms with van der Waals surface area (Å²) < 4.78 is 0. The van der Waals surface area contributed by atoms with Crippen LogP contribution in [0, 0.1) is 0 Å². The van der Waals surface area contributed by atoms with Crippen molar-refractivity contribution in [3.63, 3.8) is 0 Å². The predicted octanol–water partition coefficient (Wildman–Crippen LogP) is 4.56. The number of aromatic nitrogens is 1. The Morgan fingerprint density at radius 3 is 2.52 bits per heavy atom. The van der Waals surface area contributed by atoms with Gasteiger partial charge in [0.2, 0.25) is 5.91 Å². The van der Waals surface area contributed by atoms with E-state index in [-0.39, 0.29) is 18.2 Å². The van der Waals surface area contributed by atoms with E-state index in [0.29, 0.717) is 33.0 Å². The van der Waals surface area contributed by atoms with E-state index in [4.69, 9.17) is 23.2 Å². The van der Waals surface area contributed by atoms with Crippen molar-refractivity contribution in [2.75, 3.05) is 5.32 Å². The first-order chi connectivity index (χ1) is 13.0. The average Bonchev–Trinajstić information content (AvgIpc) is 3.08. The number of benzene rings is 2. The van der Waals surface area contributed by atoms with Gasteiger partial charge in [-0.15, -0.1) is 11.3 Å². The van der Waals surface area contributed by atoms with Crippen molar-refractivity contribution in [2.24, 2.45) is 0 Å². The maximum Gasteiger partial charge on any atom is 0.257 e. The molecule has 0 bridgehead atoms. The van der Waals surface area contributed by atoms with Crippen LogP contribution in [0.3, 0.4) is 0 Å². The summed E-state index contributed by atoms with van der Waals surface area (Å²) in [5.74, 6) is -0.452. The van der Waals surface area contributed by atoms with E-state index in [9.17, 15) is 9.59 Å². The summed E-state index contributed by atoms with van der Waals surface area (Å²) in [6.07, 6.45) is 0.123. The third kappa shape index (κ3) is 5.53. The van der Waals surface area contributed by atoms with Gasteiger partial charge in [-0.2, -0.15) is 0 Å². The molecule has 0 radical (unpaired) electrons. The zero-order valence-corrected chi connectivity index (χ0v) is 16.4. The van der Waals surface area contributed by atoms with E-state index < -0.39 is 0 Å². The molecule has 0 atom stereocenters. The van der Waals surface area contributed by atoms with Crippen molar-refractivity contribution in [3.05, 3.63) is 80.8 Å². The Morgan fingerprint density at radius 2 is 1.78 bits per heavy atom. The molecule has 2 amide bonds. The molecule has 2 N–H and O–H groups in total. The quantitative estimate of drug-likeness (QED) is 0.614. The van der Waals surface area contributed by atoms with Crippen LogP contribution in [-0.4, -0.2) is 16.8 Å². The number of nitrogens with one attached hydrogen (secondary N) is 2. The highest BCUT2D eigenvalue weighted by molar-refractivity contribution is 7.14. The molecule has 138 valence electrons. The molecule has 0 aliphatic heterocycles. The number of thiazole rings is 1. The first kappa shape index (κ1) is 19.4. The largest absolute Gasteiger partial charge is 0.352 e. The Labute approximate surface area is 170 Å². The Balaban J connectivity index is 1.53. The van der Waals surface area contributed by atoms with Crippen molar-refractivity contribution in [1.29, 1.82) is 0 Å². The molecular formula is C19H15Cl2N3O2S. The molecule has 2 aromatic carbocycles. The monoisotopic (exact) mass is 419 g/mol. The van der Waals surface area contributed by atoms with Crippen LogP contribution in [0.4, 0.5) is 5.13 Å². The van der Waals surface area contributed by atoms with Crippen LogP contribution in [-0.2, 0) is 17.8 Å². The second kappa shape index (κ2) is 8.99. The lowest BCUT2D eigenvalue weighted by Crippen LogP contribution is -2.24. The highest BCUT2D eigenvalue weighted by atomic mass is 35.5. The highest BCUT2D eigenvalue weighted by Crippen LogP contribution is 2.18. The number of carbonyl (C=O) groups excluding carboxylic acids is 2. The predicted molar refractivity (Wildman–Crippen MR) is 109 cm³/mol. The van der Waals surface area contributed by atoms with Gasteiger partial charge in [0.1, 0.15) is 0 Å². The van der Waals surface area contributed by atoms with E-state index in [1.165, 1.54) is 11.3 Å². The lowest BCUT2D eigenvalue weighted by atomic mass is 10.2. The van der Waals surface area contributed by atoms with Crippen LogP contribution >= 0.6 is 34.5 Å². The lowest BCUT2D eigenvalue weighted by Gasteiger charge is -2.06. The summed E-state index contributed by atoms with van der Waals surface area (Å²) in [5.41, 5.74) is 1.92. The molecule has 3 aromatic rings. The van der Waals surface area contributed by atoms with Crippen molar-refractivity contribution in [1.82, 2.24) is 10.3 Å². The number of halogens is 2. The molecule has 0 aliphatic carbocycles. The zero-order valence-electron chi connectivity index (χ0n) is 14.0. The van der Waals surface area contributed by atoms with Crippen LogP contribution < -0.4 is 10.6 Å². The van der Waals surface area contributed by atoms with Gasteiger partial charge in [0.15, 0.2) is 5.13 Å². The minimum absolute atomic E-state index is 0.123. The fourth-order valence-electron chi connectivity index (χ4n) is 2.28. The van der Waals surface area contributed by atoms with Crippen LogP contribution in [0.2, 0.25) is 10.0 Å². The van der Waals surface area contributed by atoms with E-state index in [0.717, 1.165) is 5.56 Å². The van der Waals surface area contributed by atoms with Crippen molar-refractivity contribution in [3.8, 4) is 0 Å². The minimum Gasteiger partial charge on any atom is -0.352 e. The fraction of sp³-hybridized carbons (Fsp3) is 0.105. The Hall–Kier alpha value is -2.41. The lowest BCUT2D eigenvalue weighted by molar-refractivity contribution is -0.120. The van der Waals surface area contributed by atoms with Gasteiger partial charge in [-0.1, -0.05) is 41.4 Å². The topological polar surface area (TPSA) is 71.1 Å². The molecule has 1 aromatic heterocycles. The minimum atomic E-state index is -0.282. The Bertz CT molecular complexity index is 958. The number of hydrogen-bond acceptors (Lipinski definition) is 4. The Morgan fingerprint density at radius 1 is 1.04 bits per heavy atom. The third-order valence-corrected chi connectivity index (χ3v) is 5.08. The van der Waals surface area contributed by atoms with Gasteiger partial charge in [-0.05, 0) is 35.9 Å². The van der Waals surface area contributed by atoms with E-state index in [2.05, 4.69) is 15.6 Å². The molecule has 0 spiro atoms. The smallest absolute Gasteiger partial charge is 0.257 e. The molecule has 0 saturated heterocycles. The molecule has 0 unspecified atom stereocenters. The van der Waals surface area contributed by atoms with E-state index >= 15 is 0 Å². The van der Waals surface area contributed by atoms with Crippen LogP contribution in [0.1, 0.15) is 21.6 Å². The average molecular weight is 420 g/mol. The number of nitrogens with zero attached hydrogens (tertiary/aromatic N) is 1. The summed E-state index contributed by atoms with van der Waals surface area (Å²) in [4.78, 5) is 28.5. The summed E-state index contributed by atoms with van der Waals surface area (Å²) in [6.45, 7) is 0.350. The van der Waals surface area contributed by atoms with Gasteiger partial charge in [-0.25, -0.2) is 4.98 Å². The molecule has 0 fully saturated rings. The molecule has 8 heteroatoms. The van der Waals surface area contributed by atoms with E-state index in [1.807, 2.05) is 18.2 Å². The second-order valence-corrected chi connectivity index (χ2v) is 7.35. The number of anilines is 1. The number of hydrogen-bond donors (Lipinski definition) is 2. The van der Waals surface area contributed by atoms with Gasteiger partial charge in [0, 0.05) is 27.5 Å². The van der Waals surface area contributed by atoms with Crippen LogP contribution in [0.5, 0.6) is 0 Å². The van der Waals surface area contributed by atoms with Gasteiger partial charge in [-0.3, -0.25) is 14.9 Å². The molecule has 0 aliphatic rings. The molecule has 5 nitrogen and oxygen atoms in total. The molecular weight excluding hydrogens is 405 g/mol. The van der Waals surface area contributed by atoms with Crippen molar-refractivity contribution in [2.45, 2.75) is 13.0 Å². The van der Waals surface area contributed by atoms with Gasteiger partial charge >= 0.3 is 0 Å². The second-order valence-electron chi connectivity index (χ2n) is 5.65. The van der Waals surface area contributed by atoms with Crippen molar-refractivity contribution < 1.29 is 9.59 Å². The third-order valence-electron chi connectivity index (χ3n) is 3.65. The number of rotatable bonds is 6. The summed E-state index contributed by atoms with van der Waals surface area (Å²) in [5, 5.41) is 8.87. The van der Waals surface area contributed by atoms with E-state index in [1.54, 1.807) is 35.7 Å². The molecule has 0 saturated carbocycles. The number of carbonyl (C=O) groups is 2. The summed E-state index contributed by atoms with van der Waals surface area (Å²) >= 11 is 13.1. The van der Waals surface area contributed by atoms with Gasteiger partial charge in [0.05, 0.1) is 12.1 Å². The molecule has 27 heavy (non-hydrogen) atoms. The van der Waals surface area contributed by atoms with Crippen molar-refractivity contribution >= 4 is 51.5 Å². The number of amides is 2. The normalized spacial score (nSPS) is 10.4. The first-order valence-corrected chi connectivity index (χ1v) is 9.66. The van der Waals surface area contributed by atoms with Crippen LogP contribution in [0.15, 0.2) is 53.9 Å². The first-order valence-electron chi connectivity index (χ1n) is 8.02. The van der Waals surface area contributed by atoms with Gasteiger partial charge in [0.25, 0.3) is 5.91 Å². The SMILES string of the molecule is O=C(Cc1csc(NC(=O)c2ccc(Cl)cc2)n1)NCc1ccccc1Cl. The standard InChI is InChI=1S/C19H15Cl2N3O2S/c20-14-7-5-12(6-8-14)18(26)24-19-23-15(11-27-19)9-17(25)22-10-13-3-1-2-4-16(13)21/h1-8,11H,9-10H2,(H,22,25)(H,23,24,26). The fourth-order valence-corrected chi connectivity index (χ4v) is 3.31.